The van der Waals surface area contributed by atoms with Crippen LogP contribution in [0.1, 0.15) is 31.1 Å². The number of ether oxygens (including phenoxy) is 2. The second-order valence-electron chi connectivity index (χ2n) is 6.83. The van der Waals surface area contributed by atoms with Crippen LogP contribution in [0.4, 0.5) is 10.5 Å². The third-order valence-electron chi connectivity index (χ3n) is 4.25. The van der Waals surface area contributed by atoms with Crippen LogP contribution >= 0.6 is 15.9 Å². The van der Waals surface area contributed by atoms with E-state index in [0.29, 0.717) is 6.61 Å². The van der Waals surface area contributed by atoms with Crippen LogP contribution in [-0.2, 0) is 9.47 Å². The third-order valence-corrected chi connectivity index (χ3v) is 5.14. The summed E-state index contributed by atoms with van der Waals surface area (Å²) in [7, 11) is 0. The summed E-state index contributed by atoms with van der Waals surface area (Å²) in [6.07, 6.45) is -0.280. The Labute approximate surface area is 162 Å². The van der Waals surface area contributed by atoms with E-state index in [1.165, 1.54) is 0 Å². The second kappa shape index (κ2) is 7.78. The van der Waals surface area contributed by atoms with Crippen molar-refractivity contribution in [3.8, 4) is 0 Å². The SMILES string of the molecule is Cc1cc(NC(=O)N[C@H]2COC(C)(C)O[C@@H]2c2ccccc2)ccc1Br. The molecule has 1 fully saturated rings. The lowest BCUT2D eigenvalue weighted by Gasteiger charge is -2.41. The van der Waals surface area contributed by atoms with Crippen LogP contribution in [0.5, 0.6) is 0 Å². The Morgan fingerprint density at radius 2 is 1.92 bits per heavy atom. The molecule has 1 heterocycles. The van der Waals surface area contributed by atoms with Gasteiger partial charge in [0.25, 0.3) is 0 Å². The van der Waals surface area contributed by atoms with Crippen molar-refractivity contribution < 1.29 is 14.3 Å². The first-order valence-electron chi connectivity index (χ1n) is 8.54. The van der Waals surface area contributed by atoms with Gasteiger partial charge in [0.2, 0.25) is 0 Å². The number of carbonyl (C=O) groups excluding carboxylic acids is 1. The van der Waals surface area contributed by atoms with Gasteiger partial charge < -0.3 is 20.1 Å². The Kier molecular flexibility index (Phi) is 5.65. The third kappa shape index (κ3) is 4.63. The fourth-order valence-corrected chi connectivity index (χ4v) is 3.16. The molecular weight excluding hydrogens is 396 g/mol. The fraction of sp³-hybridized carbons (Fsp3) is 0.350. The first kappa shape index (κ1) is 18.9. The van der Waals surface area contributed by atoms with Crippen LogP contribution in [0.3, 0.4) is 0 Å². The highest BCUT2D eigenvalue weighted by atomic mass is 79.9. The highest BCUT2D eigenvalue weighted by Gasteiger charge is 2.38. The van der Waals surface area contributed by atoms with Gasteiger partial charge in [0.15, 0.2) is 5.79 Å². The molecule has 2 amide bonds. The van der Waals surface area contributed by atoms with Crippen molar-refractivity contribution in [2.24, 2.45) is 0 Å². The maximum Gasteiger partial charge on any atom is 0.319 e. The largest absolute Gasteiger partial charge is 0.348 e. The van der Waals surface area contributed by atoms with Crippen molar-refractivity contribution in [3.63, 3.8) is 0 Å². The van der Waals surface area contributed by atoms with Crippen LogP contribution in [0.2, 0.25) is 0 Å². The average Bonchev–Trinajstić information content (AvgIpc) is 2.60. The summed E-state index contributed by atoms with van der Waals surface area (Å²) >= 11 is 3.46. The average molecular weight is 419 g/mol. The molecule has 2 aromatic rings. The van der Waals surface area contributed by atoms with Crippen LogP contribution in [0.25, 0.3) is 0 Å². The number of benzene rings is 2. The molecule has 138 valence electrons. The summed E-state index contributed by atoms with van der Waals surface area (Å²) in [4.78, 5) is 12.5. The smallest absolute Gasteiger partial charge is 0.319 e. The maximum absolute atomic E-state index is 12.5. The van der Waals surface area contributed by atoms with Crippen molar-refractivity contribution in [1.82, 2.24) is 5.32 Å². The van der Waals surface area contributed by atoms with E-state index in [1.54, 1.807) is 0 Å². The zero-order chi connectivity index (χ0) is 18.7. The van der Waals surface area contributed by atoms with Gasteiger partial charge in [-0.05, 0) is 50.1 Å². The van der Waals surface area contributed by atoms with Gasteiger partial charge in [0.05, 0.1) is 12.6 Å². The zero-order valence-corrected chi connectivity index (χ0v) is 16.7. The highest BCUT2D eigenvalue weighted by molar-refractivity contribution is 9.10. The zero-order valence-electron chi connectivity index (χ0n) is 15.1. The number of halogens is 1. The number of urea groups is 1. The minimum absolute atomic E-state index is 0.280. The van der Waals surface area contributed by atoms with Crippen molar-refractivity contribution in [1.29, 1.82) is 0 Å². The van der Waals surface area contributed by atoms with E-state index in [-0.39, 0.29) is 18.2 Å². The van der Waals surface area contributed by atoms with Gasteiger partial charge in [0.1, 0.15) is 6.10 Å². The number of anilines is 1. The van der Waals surface area contributed by atoms with E-state index in [1.807, 2.05) is 69.3 Å². The van der Waals surface area contributed by atoms with Crippen LogP contribution in [-0.4, -0.2) is 24.5 Å². The van der Waals surface area contributed by atoms with E-state index in [2.05, 4.69) is 26.6 Å². The molecule has 0 spiro atoms. The van der Waals surface area contributed by atoms with E-state index < -0.39 is 5.79 Å². The van der Waals surface area contributed by atoms with E-state index >= 15 is 0 Å². The van der Waals surface area contributed by atoms with Gasteiger partial charge in [-0.3, -0.25) is 0 Å². The maximum atomic E-state index is 12.5. The molecule has 5 nitrogen and oxygen atoms in total. The van der Waals surface area contributed by atoms with Crippen molar-refractivity contribution in [2.45, 2.75) is 38.7 Å². The summed E-state index contributed by atoms with van der Waals surface area (Å²) < 4.78 is 12.8. The Morgan fingerprint density at radius 1 is 1.19 bits per heavy atom. The molecule has 0 saturated carbocycles. The fourth-order valence-electron chi connectivity index (χ4n) is 2.92. The van der Waals surface area contributed by atoms with Crippen LogP contribution in [0.15, 0.2) is 53.0 Å². The summed E-state index contributed by atoms with van der Waals surface area (Å²) in [5, 5.41) is 5.84. The van der Waals surface area contributed by atoms with Crippen molar-refractivity contribution >= 4 is 27.6 Å². The lowest BCUT2D eigenvalue weighted by molar-refractivity contribution is -0.284. The Bertz CT molecular complexity index is 780. The summed E-state index contributed by atoms with van der Waals surface area (Å²) in [5.74, 6) is -0.696. The molecule has 1 saturated heterocycles. The molecule has 0 unspecified atom stereocenters. The van der Waals surface area contributed by atoms with E-state index in [4.69, 9.17) is 9.47 Å². The van der Waals surface area contributed by atoms with Crippen molar-refractivity contribution in [2.75, 3.05) is 11.9 Å². The number of hydrogen-bond acceptors (Lipinski definition) is 3. The quantitative estimate of drug-likeness (QED) is 0.754. The molecule has 0 radical (unpaired) electrons. The monoisotopic (exact) mass is 418 g/mol. The number of rotatable bonds is 3. The molecule has 1 aliphatic heterocycles. The van der Waals surface area contributed by atoms with Gasteiger partial charge in [-0.25, -0.2) is 4.79 Å². The normalized spacial score (nSPS) is 21.8. The molecule has 3 rings (SSSR count). The first-order chi connectivity index (χ1) is 12.3. The Balaban J connectivity index is 1.71. The highest BCUT2D eigenvalue weighted by Crippen LogP contribution is 2.33. The molecule has 0 bridgehead atoms. The Hall–Kier alpha value is -1.89. The molecule has 2 atom stereocenters. The molecule has 2 N–H and O–H groups in total. The number of aryl methyl sites for hydroxylation is 1. The number of carbonyl (C=O) groups is 1. The number of hydrogen-bond donors (Lipinski definition) is 2. The lowest BCUT2D eigenvalue weighted by atomic mass is 10.0. The Morgan fingerprint density at radius 3 is 2.62 bits per heavy atom. The van der Waals surface area contributed by atoms with Gasteiger partial charge in [-0.15, -0.1) is 0 Å². The summed E-state index contributed by atoms with van der Waals surface area (Å²) in [6.45, 7) is 6.11. The van der Waals surface area contributed by atoms with Gasteiger partial charge >= 0.3 is 6.03 Å². The van der Waals surface area contributed by atoms with Crippen LogP contribution < -0.4 is 10.6 Å². The van der Waals surface area contributed by atoms with E-state index in [9.17, 15) is 4.79 Å². The predicted molar refractivity (Wildman–Crippen MR) is 105 cm³/mol. The minimum Gasteiger partial charge on any atom is -0.348 e. The topological polar surface area (TPSA) is 59.6 Å². The first-order valence-corrected chi connectivity index (χ1v) is 9.34. The van der Waals surface area contributed by atoms with Crippen molar-refractivity contribution in [3.05, 3.63) is 64.1 Å². The molecule has 1 aliphatic rings. The molecule has 2 aromatic carbocycles. The van der Waals surface area contributed by atoms with Gasteiger partial charge in [0, 0.05) is 10.2 Å². The van der Waals surface area contributed by atoms with Gasteiger partial charge in [-0.1, -0.05) is 46.3 Å². The number of amides is 2. The van der Waals surface area contributed by atoms with E-state index in [0.717, 1.165) is 21.3 Å². The predicted octanol–water partition coefficient (Wildman–Crippen LogP) is 4.77. The summed E-state index contributed by atoms with van der Waals surface area (Å²) in [6, 6.07) is 15.0. The van der Waals surface area contributed by atoms with Crippen LogP contribution in [0, 0.1) is 6.92 Å². The minimum atomic E-state index is -0.696. The standard InChI is InChI=1S/C20H23BrN2O3/c1-13-11-15(9-10-16(13)21)22-19(24)23-17-12-25-20(2,3)26-18(17)14-7-5-4-6-8-14/h4-11,17-18H,12H2,1-3H3,(H2,22,23,24)/t17-,18+/m0/s1. The molecule has 0 aliphatic carbocycles. The lowest BCUT2D eigenvalue weighted by Crippen LogP contribution is -2.52. The molecule has 26 heavy (non-hydrogen) atoms. The number of nitrogens with one attached hydrogen (secondary N) is 2. The molecular formula is C20H23BrN2O3. The van der Waals surface area contributed by atoms with Gasteiger partial charge in [-0.2, -0.15) is 0 Å². The molecule has 6 heteroatoms. The second-order valence-corrected chi connectivity index (χ2v) is 7.68. The molecule has 0 aromatic heterocycles. The summed E-state index contributed by atoms with van der Waals surface area (Å²) in [5.41, 5.74) is 2.79.